The van der Waals surface area contributed by atoms with Crippen LogP contribution in [0.2, 0.25) is 0 Å². The van der Waals surface area contributed by atoms with Gasteiger partial charge in [-0.15, -0.1) is 5.10 Å². The normalized spacial score (nSPS) is 11.3. The standard InChI is InChI=1S/C9H14N6/c1-5(2)15-9-8(6(3)14-15)7(12-10)4-11-13-9/h4-5H,10H2,1-3H3,(H,12,13). The van der Waals surface area contributed by atoms with Crippen molar-refractivity contribution in [2.24, 2.45) is 5.84 Å². The van der Waals surface area contributed by atoms with Crippen molar-refractivity contribution in [1.82, 2.24) is 20.0 Å². The number of nitrogens with one attached hydrogen (secondary N) is 1. The topological polar surface area (TPSA) is 81.7 Å². The number of nitrogens with zero attached hydrogens (tertiary/aromatic N) is 4. The molecule has 0 aromatic carbocycles. The van der Waals surface area contributed by atoms with Crippen molar-refractivity contribution < 1.29 is 0 Å². The van der Waals surface area contributed by atoms with E-state index in [9.17, 15) is 0 Å². The first-order valence-electron chi connectivity index (χ1n) is 4.82. The molecule has 0 saturated carbocycles. The number of hydrazine groups is 1. The van der Waals surface area contributed by atoms with E-state index in [-0.39, 0.29) is 6.04 Å². The molecule has 6 nitrogen and oxygen atoms in total. The SMILES string of the molecule is Cc1nn(C(C)C)c2nncc(NN)c12. The van der Waals surface area contributed by atoms with Crippen LogP contribution >= 0.6 is 0 Å². The monoisotopic (exact) mass is 206 g/mol. The molecule has 0 radical (unpaired) electrons. The molecule has 0 amide bonds. The summed E-state index contributed by atoms with van der Waals surface area (Å²) < 4.78 is 1.85. The third-order valence-electron chi connectivity index (χ3n) is 2.31. The molecule has 0 aliphatic carbocycles. The number of rotatable bonds is 2. The lowest BCUT2D eigenvalue weighted by Crippen LogP contribution is -2.09. The highest BCUT2D eigenvalue weighted by Crippen LogP contribution is 2.24. The van der Waals surface area contributed by atoms with Gasteiger partial charge >= 0.3 is 0 Å². The minimum absolute atomic E-state index is 0.253. The van der Waals surface area contributed by atoms with Crippen LogP contribution in [0.25, 0.3) is 11.0 Å². The average molecular weight is 206 g/mol. The molecule has 2 aromatic heterocycles. The summed E-state index contributed by atoms with van der Waals surface area (Å²) in [6.07, 6.45) is 1.60. The Kier molecular flexibility index (Phi) is 2.28. The second-order valence-electron chi connectivity index (χ2n) is 3.72. The first kappa shape index (κ1) is 9.85. The van der Waals surface area contributed by atoms with Gasteiger partial charge in [0, 0.05) is 6.04 Å². The van der Waals surface area contributed by atoms with Crippen molar-refractivity contribution in [1.29, 1.82) is 0 Å². The zero-order valence-electron chi connectivity index (χ0n) is 9.02. The first-order valence-corrected chi connectivity index (χ1v) is 4.82. The minimum atomic E-state index is 0.253. The molecule has 2 aromatic rings. The molecule has 0 aliphatic rings. The molecule has 3 N–H and O–H groups in total. The van der Waals surface area contributed by atoms with Crippen LogP contribution in [-0.4, -0.2) is 20.0 Å². The smallest absolute Gasteiger partial charge is 0.183 e. The highest BCUT2D eigenvalue weighted by atomic mass is 15.3. The maximum Gasteiger partial charge on any atom is 0.183 e. The molecule has 0 aliphatic heterocycles. The fraction of sp³-hybridized carbons (Fsp3) is 0.444. The van der Waals surface area contributed by atoms with Crippen LogP contribution in [0.3, 0.4) is 0 Å². The Balaban J connectivity index is 2.79. The van der Waals surface area contributed by atoms with Crippen molar-refractivity contribution in [2.45, 2.75) is 26.8 Å². The van der Waals surface area contributed by atoms with Gasteiger partial charge in [0.15, 0.2) is 5.65 Å². The Labute approximate surface area is 87.4 Å². The van der Waals surface area contributed by atoms with Crippen molar-refractivity contribution in [3.63, 3.8) is 0 Å². The van der Waals surface area contributed by atoms with Gasteiger partial charge in [0.25, 0.3) is 0 Å². The quantitative estimate of drug-likeness (QED) is 0.566. The summed E-state index contributed by atoms with van der Waals surface area (Å²) in [6.45, 7) is 6.04. The highest BCUT2D eigenvalue weighted by Gasteiger charge is 2.14. The van der Waals surface area contributed by atoms with Gasteiger partial charge in [-0.2, -0.15) is 10.2 Å². The Morgan fingerprint density at radius 3 is 2.80 bits per heavy atom. The summed E-state index contributed by atoms with van der Waals surface area (Å²) in [5.74, 6) is 5.42. The molecule has 0 saturated heterocycles. The Morgan fingerprint density at radius 2 is 2.20 bits per heavy atom. The van der Waals surface area contributed by atoms with E-state index in [2.05, 4.69) is 34.6 Å². The van der Waals surface area contributed by atoms with Crippen LogP contribution in [0.15, 0.2) is 6.20 Å². The van der Waals surface area contributed by atoms with Gasteiger partial charge in [-0.05, 0) is 20.8 Å². The van der Waals surface area contributed by atoms with Crippen molar-refractivity contribution in [2.75, 3.05) is 5.43 Å². The van der Waals surface area contributed by atoms with Crippen molar-refractivity contribution in [3.8, 4) is 0 Å². The maximum atomic E-state index is 5.42. The Hall–Kier alpha value is -1.69. The van der Waals surface area contributed by atoms with E-state index < -0.39 is 0 Å². The predicted molar refractivity (Wildman–Crippen MR) is 58.3 cm³/mol. The highest BCUT2D eigenvalue weighted by molar-refractivity contribution is 5.90. The number of anilines is 1. The van der Waals surface area contributed by atoms with Crippen LogP contribution in [0.4, 0.5) is 5.69 Å². The van der Waals surface area contributed by atoms with E-state index in [4.69, 9.17) is 5.84 Å². The second kappa shape index (κ2) is 3.47. The Bertz CT molecular complexity index is 487. The Morgan fingerprint density at radius 1 is 1.47 bits per heavy atom. The fourth-order valence-electron chi connectivity index (χ4n) is 1.62. The number of aromatic nitrogens is 4. The second-order valence-corrected chi connectivity index (χ2v) is 3.72. The van der Waals surface area contributed by atoms with E-state index >= 15 is 0 Å². The molecule has 2 heterocycles. The molecular weight excluding hydrogens is 192 g/mol. The maximum absolute atomic E-state index is 5.42. The van der Waals surface area contributed by atoms with Gasteiger partial charge in [-0.25, -0.2) is 4.68 Å². The lowest BCUT2D eigenvalue weighted by molar-refractivity contribution is 0.541. The van der Waals surface area contributed by atoms with Crippen molar-refractivity contribution >= 4 is 16.7 Å². The van der Waals surface area contributed by atoms with Crippen LogP contribution in [0.1, 0.15) is 25.6 Å². The van der Waals surface area contributed by atoms with Gasteiger partial charge in [-0.1, -0.05) is 0 Å². The third kappa shape index (κ3) is 1.42. The van der Waals surface area contributed by atoms with Crippen LogP contribution in [0.5, 0.6) is 0 Å². The zero-order valence-corrected chi connectivity index (χ0v) is 9.02. The van der Waals surface area contributed by atoms with Crippen LogP contribution < -0.4 is 11.3 Å². The van der Waals surface area contributed by atoms with E-state index in [1.807, 2.05) is 11.6 Å². The minimum Gasteiger partial charge on any atom is -0.322 e. The fourth-order valence-corrected chi connectivity index (χ4v) is 1.62. The van der Waals surface area contributed by atoms with Crippen LogP contribution in [-0.2, 0) is 0 Å². The van der Waals surface area contributed by atoms with Gasteiger partial charge in [0.05, 0.1) is 23.0 Å². The van der Waals surface area contributed by atoms with Gasteiger partial charge in [0.1, 0.15) is 0 Å². The molecular formula is C9H14N6. The number of nitrogens with two attached hydrogens (primary N) is 1. The summed E-state index contributed by atoms with van der Waals surface area (Å²) in [5.41, 5.74) is 5.03. The molecule has 2 rings (SSSR count). The van der Waals surface area contributed by atoms with Crippen LogP contribution in [0, 0.1) is 6.92 Å². The average Bonchev–Trinajstić information content (AvgIpc) is 2.56. The lowest BCUT2D eigenvalue weighted by atomic mass is 10.2. The molecule has 15 heavy (non-hydrogen) atoms. The molecule has 0 spiro atoms. The number of aryl methyl sites for hydroxylation is 1. The van der Waals surface area contributed by atoms with E-state index in [1.165, 1.54) is 0 Å². The molecule has 6 heteroatoms. The number of hydrogen-bond donors (Lipinski definition) is 2. The first-order chi connectivity index (χ1) is 7.15. The molecule has 80 valence electrons. The third-order valence-corrected chi connectivity index (χ3v) is 2.31. The molecule has 0 atom stereocenters. The van der Waals surface area contributed by atoms with E-state index in [0.717, 1.165) is 22.4 Å². The summed E-state index contributed by atoms with van der Waals surface area (Å²) in [4.78, 5) is 0. The largest absolute Gasteiger partial charge is 0.322 e. The van der Waals surface area contributed by atoms with E-state index in [1.54, 1.807) is 6.20 Å². The molecule has 0 fully saturated rings. The zero-order chi connectivity index (χ0) is 11.0. The number of hydrogen-bond acceptors (Lipinski definition) is 5. The van der Waals surface area contributed by atoms with Gasteiger partial charge in [-0.3, -0.25) is 5.84 Å². The molecule has 0 unspecified atom stereocenters. The summed E-state index contributed by atoms with van der Waals surface area (Å²) in [5, 5.41) is 13.3. The van der Waals surface area contributed by atoms with Gasteiger partial charge < -0.3 is 5.43 Å². The summed E-state index contributed by atoms with van der Waals surface area (Å²) in [6, 6.07) is 0.253. The van der Waals surface area contributed by atoms with Crippen molar-refractivity contribution in [3.05, 3.63) is 11.9 Å². The van der Waals surface area contributed by atoms with Gasteiger partial charge in [0.2, 0.25) is 0 Å². The van der Waals surface area contributed by atoms with E-state index in [0.29, 0.717) is 0 Å². The lowest BCUT2D eigenvalue weighted by Gasteiger charge is -2.05. The predicted octanol–water partition coefficient (Wildman–Crippen LogP) is 1.00. The number of nitrogen functional groups attached to an aromatic ring is 1. The summed E-state index contributed by atoms with van der Waals surface area (Å²) in [7, 11) is 0. The molecule has 0 bridgehead atoms. The number of fused-ring (bicyclic) bond motifs is 1. The summed E-state index contributed by atoms with van der Waals surface area (Å²) >= 11 is 0.